The van der Waals surface area contributed by atoms with E-state index in [-0.39, 0.29) is 22.9 Å². The van der Waals surface area contributed by atoms with Crippen LogP contribution in [0.1, 0.15) is 0 Å². The van der Waals surface area contributed by atoms with Gasteiger partial charge in [0.25, 0.3) is 0 Å². The van der Waals surface area contributed by atoms with Crippen molar-refractivity contribution >= 4 is 35.5 Å². The van der Waals surface area contributed by atoms with E-state index < -0.39 is 35.7 Å². The zero-order valence-electron chi connectivity index (χ0n) is 13.2. The first-order valence-corrected chi connectivity index (χ1v) is 7.33. The van der Waals surface area contributed by atoms with E-state index in [4.69, 9.17) is 29.4 Å². The summed E-state index contributed by atoms with van der Waals surface area (Å²) < 4.78 is 25.4. The number of carbonyl (C=O) groups is 4. The molecule has 0 aliphatic carbocycles. The number of esters is 4. The summed E-state index contributed by atoms with van der Waals surface area (Å²) in [6.07, 6.45) is 3.36. The van der Waals surface area contributed by atoms with Crippen molar-refractivity contribution in [1.29, 1.82) is 0 Å². The molecule has 3 heterocycles. The quantitative estimate of drug-likeness (QED) is 0.477. The normalized spacial score (nSPS) is 25.7. The average Bonchev–Trinajstić information content (AvgIpc) is 2.59. The Balaban J connectivity index is 1.86. The Bertz CT molecular complexity index is 1010. The van der Waals surface area contributed by atoms with Crippen LogP contribution in [0.3, 0.4) is 0 Å². The van der Waals surface area contributed by atoms with Gasteiger partial charge in [0, 0.05) is 24.3 Å². The first-order valence-electron chi connectivity index (χ1n) is 7.33. The summed E-state index contributed by atoms with van der Waals surface area (Å²) in [5.41, 5.74) is 5.71. The van der Waals surface area contributed by atoms with Gasteiger partial charge in [0.2, 0.25) is 5.75 Å². The van der Waals surface area contributed by atoms with E-state index in [1.165, 1.54) is 12.1 Å². The molecule has 1 aromatic carbocycles. The molecule has 1 unspecified atom stereocenters. The van der Waals surface area contributed by atoms with E-state index in [0.717, 1.165) is 24.3 Å². The summed E-state index contributed by atoms with van der Waals surface area (Å²) in [6.45, 7) is 0. The maximum atomic E-state index is 11.8. The number of nitrogens with two attached hydrogens (primary N) is 1. The molecule has 3 aliphatic heterocycles. The number of rotatable bonds is 0. The Morgan fingerprint density at radius 3 is 2.07 bits per heavy atom. The predicted molar refractivity (Wildman–Crippen MR) is 82.8 cm³/mol. The highest BCUT2D eigenvalue weighted by molar-refractivity contribution is 6.05. The lowest BCUT2D eigenvalue weighted by Crippen LogP contribution is -2.59. The minimum atomic E-state index is -2.33. The molecule has 0 amide bonds. The molecular weight excluding hydrogens is 364 g/mol. The van der Waals surface area contributed by atoms with Crippen molar-refractivity contribution in [2.75, 3.05) is 0 Å². The van der Waals surface area contributed by atoms with Gasteiger partial charge >= 0.3 is 35.7 Å². The second-order valence-corrected chi connectivity index (χ2v) is 5.28. The summed E-state index contributed by atoms with van der Waals surface area (Å²) >= 11 is 0. The fourth-order valence-corrected chi connectivity index (χ4v) is 2.31. The molecule has 1 aromatic rings. The number of hydrogen-bond acceptors (Lipinski definition) is 11. The zero-order chi connectivity index (χ0) is 19.2. The van der Waals surface area contributed by atoms with Gasteiger partial charge in [-0.2, -0.15) is 0 Å². The van der Waals surface area contributed by atoms with Gasteiger partial charge in [-0.25, -0.2) is 29.9 Å². The van der Waals surface area contributed by atoms with Gasteiger partial charge in [-0.15, -0.1) is 0 Å². The van der Waals surface area contributed by atoms with Gasteiger partial charge in [0.15, 0.2) is 17.2 Å². The van der Waals surface area contributed by atoms with E-state index in [9.17, 15) is 19.2 Å². The highest BCUT2D eigenvalue weighted by Crippen LogP contribution is 2.48. The maximum Gasteiger partial charge on any atom is 0.395 e. The molecule has 0 aromatic heterocycles. The summed E-state index contributed by atoms with van der Waals surface area (Å²) in [7, 11) is 0. The first-order chi connectivity index (χ1) is 12.8. The van der Waals surface area contributed by atoms with Crippen LogP contribution in [-0.2, 0) is 28.7 Å². The van der Waals surface area contributed by atoms with E-state index >= 15 is 0 Å². The number of aliphatic imine (C=N–C) groups is 1. The van der Waals surface area contributed by atoms with Gasteiger partial charge < -0.3 is 23.7 Å². The second-order valence-electron chi connectivity index (χ2n) is 5.28. The van der Waals surface area contributed by atoms with Gasteiger partial charge in [-0.1, -0.05) is 0 Å². The average molecular weight is 372 g/mol. The Morgan fingerprint density at radius 1 is 0.741 bits per heavy atom. The van der Waals surface area contributed by atoms with Crippen LogP contribution >= 0.6 is 0 Å². The number of fused-ring (bicyclic) bond motifs is 4. The number of ether oxygens (including phenoxy) is 5. The summed E-state index contributed by atoms with van der Waals surface area (Å²) in [5.74, 6) is -7.07. The van der Waals surface area contributed by atoms with Crippen LogP contribution in [0.15, 0.2) is 41.4 Å². The van der Waals surface area contributed by atoms with Crippen molar-refractivity contribution in [2.24, 2.45) is 10.7 Å². The van der Waals surface area contributed by atoms with Crippen LogP contribution in [-0.4, -0.2) is 35.7 Å². The fraction of sp³-hybridized carbons (Fsp3) is 0.0625. The van der Waals surface area contributed by atoms with Crippen LogP contribution in [0.2, 0.25) is 0 Å². The molecule has 4 rings (SSSR count). The topological polar surface area (TPSA) is 153 Å². The molecule has 0 saturated heterocycles. The van der Waals surface area contributed by atoms with Crippen molar-refractivity contribution in [3.63, 3.8) is 0 Å². The van der Waals surface area contributed by atoms with Crippen LogP contribution in [0.25, 0.3) is 0 Å². The van der Waals surface area contributed by atoms with Crippen LogP contribution < -0.4 is 19.9 Å². The Kier molecular flexibility index (Phi) is 3.53. The maximum absolute atomic E-state index is 11.8. The van der Waals surface area contributed by atoms with Crippen molar-refractivity contribution in [2.45, 2.75) is 5.91 Å². The summed E-state index contributed by atoms with van der Waals surface area (Å²) in [4.78, 5) is 50.8. The highest BCUT2D eigenvalue weighted by Gasteiger charge is 2.47. The van der Waals surface area contributed by atoms with Gasteiger partial charge in [0.05, 0.1) is 0 Å². The predicted octanol–water partition coefficient (Wildman–Crippen LogP) is -0.242. The molecule has 0 bridgehead atoms. The SMILES string of the molecule is NC12OC(=O)/C=C/C(=O)OC1=Nc1c(ccc3c1OC(=O)/C=C/C(=O)O3)O2. The summed E-state index contributed by atoms with van der Waals surface area (Å²) in [5, 5.41) is 0. The minimum absolute atomic E-state index is 0.0817. The molecule has 11 nitrogen and oxygen atoms in total. The number of benzene rings is 1. The third-order valence-corrected chi connectivity index (χ3v) is 3.41. The zero-order valence-corrected chi connectivity index (χ0v) is 13.2. The van der Waals surface area contributed by atoms with Crippen molar-refractivity contribution in [3.8, 4) is 17.2 Å². The highest BCUT2D eigenvalue weighted by atomic mass is 16.8. The molecule has 136 valence electrons. The van der Waals surface area contributed by atoms with Gasteiger partial charge in [0.1, 0.15) is 0 Å². The first kappa shape index (κ1) is 16.5. The van der Waals surface area contributed by atoms with Gasteiger partial charge in [-0.3, -0.25) is 0 Å². The smallest absolute Gasteiger partial charge is 0.395 e. The molecular formula is C16H8N2O9. The van der Waals surface area contributed by atoms with Crippen LogP contribution in [0, 0.1) is 0 Å². The molecule has 3 aliphatic rings. The Labute approximate surface area is 149 Å². The second kappa shape index (κ2) is 5.78. The monoisotopic (exact) mass is 372 g/mol. The van der Waals surface area contributed by atoms with E-state index in [1.807, 2.05) is 0 Å². The van der Waals surface area contributed by atoms with Gasteiger partial charge in [-0.05, 0) is 12.1 Å². The largest absolute Gasteiger partial charge is 0.430 e. The lowest BCUT2D eigenvalue weighted by molar-refractivity contribution is -0.176. The number of nitrogens with zero attached hydrogens (tertiary/aromatic N) is 1. The molecule has 1 atom stereocenters. The van der Waals surface area contributed by atoms with Crippen LogP contribution in [0.4, 0.5) is 5.69 Å². The Hall–Kier alpha value is -3.99. The van der Waals surface area contributed by atoms with Crippen molar-refractivity contribution in [3.05, 3.63) is 36.4 Å². The lowest BCUT2D eigenvalue weighted by Gasteiger charge is -2.33. The molecule has 2 N–H and O–H groups in total. The third-order valence-electron chi connectivity index (χ3n) is 3.41. The van der Waals surface area contributed by atoms with Crippen LogP contribution in [0.5, 0.6) is 17.2 Å². The molecule has 27 heavy (non-hydrogen) atoms. The van der Waals surface area contributed by atoms with E-state index in [2.05, 4.69) is 4.99 Å². The van der Waals surface area contributed by atoms with E-state index in [0.29, 0.717) is 0 Å². The third kappa shape index (κ3) is 2.91. The standard InChI is InChI=1S/C16H8N2O9/c17-16-15(25-11(21)5-6-12(22)27-16)18-13-7(26-16)1-2-8-14(13)24-10(20)4-3-9(19)23-8/h1-6H,17H2/b4-3+,6-5+. The molecule has 0 spiro atoms. The summed E-state index contributed by atoms with van der Waals surface area (Å²) in [6, 6.07) is 2.55. The fourth-order valence-electron chi connectivity index (χ4n) is 2.31. The molecule has 11 heteroatoms. The number of hydrogen-bond donors (Lipinski definition) is 1. The lowest BCUT2D eigenvalue weighted by atomic mass is 10.2. The molecule has 0 fully saturated rings. The molecule has 0 saturated carbocycles. The number of carbonyl (C=O) groups excluding carboxylic acids is 4. The minimum Gasteiger partial charge on any atom is -0.430 e. The van der Waals surface area contributed by atoms with Crippen molar-refractivity contribution < 1.29 is 42.9 Å². The van der Waals surface area contributed by atoms with Crippen molar-refractivity contribution in [1.82, 2.24) is 0 Å². The molecule has 0 radical (unpaired) electrons. The Morgan fingerprint density at radius 2 is 1.33 bits per heavy atom. The van der Waals surface area contributed by atoms with E-state index in [1.54, 1.807) is 0 Å².